The van der Waals surface area contributed by atoms with Gasteiger partial charge >= 0.3 is 0 Å². The molecule has 0 atom stereocenters. The Kier molecular flexibility index (Phi) is 7.50. The molecule has 1 fully saturated rings. The summed E-state index contributed by atoms with van der Waals surface area (Å²) in [6.07, 6.45) is 5.83. The molecule has 0 spiro atoms. The number of nitrogens with zero attached hydrogens (tertiary/aromatic N) is 4. The van der Waals surface area contributed by atoms with Crippen molar-refractivity contribution in [3.63, 3.8) is 0 Å². The first kappa shape index (κ1) is 22.8. The van der Waals surface area contributed by atoms with Crippen LogP contribution in [0.25, 0.3) is 0 Å². The SMILES string of the molecule is CN(CCC1=Nc2nccc(/C(Cc3ccc(F)c(Cl)c3)=N/O)c2C1)CC1CCOCC1. The third-order valence-corrected chi connectivity index (χ3v) is 6.45. The normalized spacial score (nSPS) is 17.0. The summed E-state index contributed by atoms with van der Waals surface area (Å²) in [6.45, 7) is 3.75. The minimum atomic E-state index is -0.470. The Balaban J connectivity index is 1.39. The first-order valence-electron chi connectivity index (χ1n) is 11.0. The maximum absolute atomic E-state index is 13.5. The zero-order valence-corrected chi connectivity index (χ0v) is 19.0. The molecule has 0 amide bonds. The molecule has 2 aliphatic heterocycles. The Morgan fingerprint density at radius 3 is 2.88 bits per heavy atom. The van der Waals surface area contributed by atoms with Crippen molar-refractivity contribution in [2.24, 2.45) is 16.1 Å². The maximum Gasteiger partial charge on any atom is 0.155 e. The number of oxime groups is 1. The summed E-state index contributed by atoms with van der Waals surface area (Å²) in [5, 5.41) is 13.3. The molecule has 170 valence electrons. The number of hydrogen-bond donors (Lipinski definition) is 1. The van der Waals surface area contributed by atoms with Crippen LogP contribution in [0.3, 0.4) is 0 Å². The van der Waals surface area contributed by atoms with Crippen LogP contribution in [0.1, 0.15) is 36.0 Å². The number of rotatable bonds is 8. The van der Waals surface area contributed by atoms with Crippen molar-refractivity contribution >= 4 is 28.8 Å². The Bertz CT molecular complexity index is 1020. The van der Waals surface area contributed by atoms with E-state index < -0.39 is 5.82 Å². The van der Waals surface area contributed by atoms with Gasteiger partial charge in [0, 0.05) is 62.2 Å². The van der Waals surface area contributed by atoms with E-state index in [1.54, 1.807) is 18.3 Å². The van der Waals surface area contributed by atoms with Gasteiger partial charge in [-0.2, -0.15) is 0 Å². The standard InChI is InChI=1S/C24H28ClFN4O2/c1-30(15-16-6-10-32-11-7-16)9-5-18-14-20-19(4-8-27-24(20)28-18)23(29-31)13-17-2-3-22(26)21(25)12-17/h2-4,8,12,16,31H,5-7,9-11,13-15H2,1H3/b29-23+. The fourth-order valence-corrected chi connectivity index (χ4v) is 4.57. The smallest absolute Gasteiger partial charge is 0.155 e. The van der Waals surface area contributed by atoms with Crippen LogP contribution in [-0.4, -0.2) is 59.9 Å². The Morgan fingerprint density at radius 1 is 1.31 bits per heavy atom. The highest BCUT2D eigenvalue weighted by Crippen LogP contribution is 2.30. The van der Waals surface area contributed by atoms with Gasteiger partial charge in [0.2, 0.25) is 0 Å². The van der Waals surface area contributed by atoms with Crippen LogP contribution in [0.15, 0.2) is 40.6 Å². The highest BCUT2D eigenvalue weighted by atomic mass is 35.5. The zero-order valence-electron chi connectivity index (χ0n) is 18.2. The number of aliphatic imine (C=N–C) groups is 1. The van der Waals surface area contributed by atoms with Crippen LogP contribution in [0, 0.1) is 11.7 Å². The molecule has 32 heavy (non-hydrogen) atoms. The topological polar surface area (TPSA) is 70.3 Å². The van der Waals surface area contributed by atoms with E-state index in [0.29, 0.717) is 30.3 Å². The van der Waals surface area contributed by atoms with Crippen LogP contribution >= 0.6 is 11.6 Å². The largest absolute Gasteiger partial charge is 0.411 e. The summed E-state index contributed by atoms with van der Waals surface area (Å²) >= 11 is 5.91. The van der Waals surface area contributed by atoms with Crippen LogP contribution in [-0.2, 0) is 17.6 Å². The van der Waals surface area contributed by atoms with Gasteiger partial charge in [-0.15, -0.1) is 0 Å². The van der Waals surface area contributed by atoms with Crippen molar-refractivity contribution in [1.29, 1.82) is 0 Å². The molecule has 0 radical (unpaired) electrons. The molecule has 0 unspecified atom stereocenters. The van der Waals surface area contributed by atoms with E-state index >= 15 is 0 Å². The van der Waals surface area contributed by atoms with Crippen molar-refractivity contribution in [2.75, 3.05) is 33.4 Å². The van der Waals surface area contributed by atoms with Gasteiger partial charge in [-0.3, -0.25) is 0 Å². The van der Waals surface area contributed by atoms with E-state index in [1.807, 2.05) is 6.07 Å². The zero-order chi connectivity index (χ0) is 22.5. The van der Waals surface area contributed by atoms with Crippen LogP contribution in [0.2, 0.25) is 5.02 Å². The third-order valence-electron chi connectivity index (χ3n) is 6.16. The summed E-state index contributed by atoms with van der Waals surface area (Å²) in [6, 6.07) is 6.36. The Hall–Kier alpha value is -2.35. The maximum atomic E-state index is 13.5. The van der Waals surface area contributed by atoms with Crippen LogP contribution < -0.4 is 0 Å². The summed E-state index contributed by atoms with van der Waals surface area (Å²) in [5.74, 6) is 0.915. The molecule has 1 aromatic heterocycles. The molecule has 4 rings (SSSR count). The lowest BCUT2D eigenvalue weighted by Gasteiger charge is -2.27. The molecule has 0 saturated carbocycles. The van der Waals surface area contributed by atoms with Gasteiger partial charge in [0.05, 0.1) is 10.7 Å². The molecule has 6 nitrogen and oxygen atoms in total. The quantitative estimate of drug-likeness (QED) is 0.354. The molecule has 2 aromatic rings. The number of ether oxygens (including phenoxy) is 1. The lowest BCUT2D eigenvalue weighted by Crippen LogP contribution is -2.31. The molecule has 8 heteroatoms. The number of aromatic nitrogens is 1. The first-order valence-corrected chi connectivity index (χ1v) is 11.4. The minimum Gasteiger partial charge on any atom is -0.411 e. The van der Waals surface area contributed by atoms with Crippen molar-refractivity contribution in [1.82, 2.24) is 9.88 Å². The molecule has 3 heterocycles. The summed E-state index contributed by atoms with van der Waals surface area (Å²) in [5.41, 5.74) is 4.12. The Labute approximate surface area is 192 Å². The van der Waals surface area contributed by atoms with Gasteiger partial charge in [-0.25, -0.2) is 14.4 Å². The number of hydrogen-bond acceptors (Lipinski definition) is 6. The molecule has 0 aliphatic carbocycles. The average Bonchev–Trinajstić information content (AvgIpc) is 3.22. The number of fused-ring (bicyclic) bond motifs is 1. The van der Waals surface area contributed by atoms with Crippen molar-refractivity contribution in [3.8, 4) is 0 Å². The van der Waals surface area contributed by atoms with Gasteiger partial charge in [-0.1, -0.05) is 22.8 Å². The second-order valence-electron chi connectivity index (χ2n) is 8.56. The van der Waals surface area contributed by atoms with E-state index in [4.69, 9.17) is 21.3 Å². The van der Waals surface area contributed by atoms with Gasteiger partial charge in [0.15, 0.2) is 5.82 Å². The summed E-state index contributed by atoms with van der Waals surface area (Å²) in [4.78, 5) is 11.5. The van der Waals surface area contributed by atoms with Gasteiger partial charge < -0.3 is 14.8 Å². The molecule has 1 aromatic carbocycles. The van der Waals surface area contributed by atoms with E-state index in [2.05, 4.69) is 22.1 Å². The number of pyridine rings is 1. The fourth-order valence-electron chi connectivity index (χ4n) is 4.37. The highest BCUT2D eigenvalue weighted by molar-refractivity contribution is 6.30. The molecular weight excluding hydrogens is 431 g/mol. The predicted molar refractivity (Wildman–Crippen MR) is 124 cm³/mol. The van der Waals surface area contributed by atoms with Gasteiger partial charge in [0.25, 0.3) is 0 Å². The van der Waals surface area contributed by atoms with Gasteiger partial charge in [-0.05, 0) is 56.0 Å². The van der Waals surface area contributed by atoms with E-state index in [9.17, 15) is 9.60 Å². The third kappa shape index (κ3) is 5.52. The fraction of sp³-hybridized carbons (Fsp3) is 0.458. The van der Waals surface area contributed by atoms with Crippen molar-refractivity contribution in [3.05, 3.63) is 58.0 Å². The van der Waals surface area contributed by atoms with Crippen LogP contribution in [0.4, 0.5) is 10.2 Å². The highest BCUT2D eigenvalue weighted by Gasteiger charge is 2.23. The van der Waals surface area contributed by atoms with Crippen molar-refractivity contribution in [2.45, 2.75) is 32.1 Å². The second-order valence-corrected chi connectivity index (χ2v) is 8.96. The molecule has 1 N–H and O–H groups in total. The van der Waals surface area contributed by atoms with Crippen LogP contribution in [0.5, 0.6) is 0 Å². The molecule has 0 bridgehead atoms. The number of benzene rings is 1. The minimum absolute atomic E-state index is 0.0511. The lowest BCUT2D eigenvalue weighted by atomic mass is 9.96. The average molecular weight is 459 g/mol. The van der Waals surface area contributed by atoms with E-state index in [-0.39, 0.29) is 5.02 Å². The molecular formula is C24H28ClFN4O2. The first-order chi connectivity index (χ1) is 15.5. The number of halogens is 2. The summed E-state index contributed by atoms with van der Waals surface area (Å²) in [7, 11) is 2.16. The lowest BCUT2D eigenvalue weighted by molar-refractivity contribution is 0.0560. The summed E-state index contributed by atoms with van der Waals surface area (Å²) < 4.78 is 18.9. The molecule has 2 aliphatic rings. The van der Waals surface area contributed by atoms with Gasteiger partial charge in [0.1, 0.15) is 5.82 Å². The molecule has 1 saturated heterocycles. The predicted octanol–water partition coefficient (Wildman–Crippen LogP) is 4.67. The monoisotopic (exact) mass is 458 g/mol. The second kappa shape index (κ2) is 10.5. The van der Waals surface area contributed by atoms with E-state index in [0.717, 1.165) is 68.0 Å². The van der Waals surface area contributed by atoms with Crippen molar-refractivity contribution < 1.29 is 14.3 Å². The van der Waals surface area contributed by atoms with E-state index in [1.165, 1.54) is 6.07 Å². The Morgan fingerprint density at radius 2 is 2.12 bits per heavy atom.